The highest BCUT2D eigenvalue weighted by molar-refractivity contribution is 5.12. The van der Waals surface area contributed by atoms with Gasteiger partial charge < -0.3 is 15.2 Å². The molecule has 5 heteroatoms. The van der Waals surface area contributed by atoms with Gasteiger partial charge in [0.25, 0.3) is 0 Å². The third-order valence-electron chi connectivity index (χ3n) is 1.45. The van der Waals surface area contributed by atoms with Crippen LogP contribution in [0.2, 0.25) is 0 Å². The van der Waals surface area contributed by atoms with E-state index >= 15 is 0 Å². The quantitative estimate of drug-likeness (QED) is 0.648. The third kappa shape index (κ3) is 3.35. The van der Waals surface area contributed by atoms with Crippen LogP contribution in [-0.2, 0) is 11.3 Å². The number of nitrogens with two attached hydrogens (primary N) is 1. The maximum absolute atomic E-state index is 5.40. The van der Waals surface area contributed by atoms with E-state index in [9.17, 15) is 0 Å². The lowest BCUT2D eigenvalue weighted by Gasteiger charge is -2.04. The average Bonchev–Trinajstić information content (AvgIpc) is 2.19. The van der Waals surface area contributed by atoms with E-state index in [-0.39, 0.29) is 0 Å². The maximum atomic E-state index is 5.40. The summed E-state index contributed by atoms with van der Waals surface area (Å²) in [6, 6.07) is 1.72. The Labute approximate surface area is 76.9 Å². The molecule has 0 saturated carbocycles. The molecule has 0 atom stereocenters. The van der Waals surface area contributed by atoms with Gasteiger partial charge >= 0.3 is 0 Å². The first-order chi connectivity index (χ1) is 6.36. The minimum absolute atomic E-state index is 0.392. The zero-order valence-electron chi connectivity index (χ0n) is 7.56. The second kappa shape index (κ2) is 5.45. The monoisotopic (exact) mass is 183 g/mol. The Balaban J connectivity index is 2.46. The summed E-state index contributed by atoms with van der Waals surface area (Å²) in [5.41, 5.74) is 6.17. The molecule has 0 spiro atoms. The van der Waals surface area contributed by atoms with E-state index in [0.29, 0.717) is 25.6 Å². The number of rotatable bonds is 5. The van der Waals surface area contributed by atoms with Crippen LogP contribution >= 0.6 is 0 Å². The molecule has 0 radical (unpaired) electrons. The van der Waals surface area contributed by atoms with E-state index in [0.717, 1.165) is 5.69 Å². The second-order valence-corrected chi connectivity index (χ2v) is 2.39. The van der Waals surface area contributed by atoms with Gasteiger partial charge in [-0.15, -0.1) is 0 Å². The fourth-order valence-corrected chi connectivity index (χ4v) is 0.797. The molecule has 0 aromatic carbocycles. The maximum Gasteiger partial charge on any atom is 0.216 e. The molecule has 1 aromatic rings. The molecule has 1 aromatic heterocycles. The number of hydrogen-bond donors (Lipinski definition) is 1. The lowest BCUT2D eigenvalue weighted by atomic mass is 10.4. The smallest absolute Gasteiger partial charge is 0.216 e. The highest BCUT2D eigenvalue weighted by Gasteiger charge is 1.97. The molecule has 72 valence electrons. The van der Waals surface area contributed by atoms with E-state index in [4.69, 9.17) is 15.2 Å². The topological polar surface area (TPSA) is 70.3 Å². The van der Waals surface area contributed by atoms with Gasteiger partial charge in [-0.2, -0.15) is 0 Å². The van der Waals surface area contributed by atoms with Crippen LogP contribution in [0.25, 0.3) is 0 Å². The molecule has 0 aliphatic carbocycles. The summed E-state index contributed by atoms with van der Waals surface area (Å²) < 4.78 is 10.1. The molecule has 0 bridgehead atoms. The largest absolute Gasteiger partial charge is 0.475 e. The molecule has 0 aliphatic rings. The minimum atomic E-state index is 0.392. The molecule has 1 heterocycles. The van der Waals surface area contributed by atoms with Gasteiger partial charge in [0.15, 0.2) is 0 Å². The zero-order valence-corrected chi connectivity index (χ0v) is 7.56. The highest BCUT2D eigenvalue weighted by atomic mass is 16.5. The fraction of sp³-hybridized carbons (Fsp3) is 0.500. The number of nitrogens with zero attached hydrogens (tertiary/aromatic N) is 2. The van der Waals surface area contributed by atoms with Gasteiger partial charge in [0, 0.05) is 19.7 Å². The van der Waals surface area contributed by atoms with Crippen molar-refractivity contribution >= 4 is 0 Å². The summed E-state index contributed by atoms with van der Waals surface area (Å²) in [5.74, 6) is 0.535. The van der Waals surface area contributed by atoms with Gasteiger partial charge in [-0.05, 0) is 0 Å². The number of aromatic nitrogens is 2. The molecule has 13 heavy (non-hydrogen) atoms. The van der Waals surface area contributed by atoms with E-state index in [2.05, 4.69) is 9.97 Å². The third-order valence-corrected chi connectivity index (χ3v) is 1.45. The first kappa shape index (κ1) is 9.88. The molecule has 2 N–H and O–H groups in total. The van der Waals surface area contributed by atoms with Crippen molar-refractivity contribution in [3.05, 3.63) is 18.1 Å². The second-order valence-electron chi connectivity index (χ2n) is 2.39. The van der Waals surface area contributed by atoms with Crippen molar-refractivity contribution < 1.29 is 9.47 Å². The van der Waals surface area contributed by atoms with Crippen LogP contribution < -0.4 is 10.5 Å². The van der Waals surface area contributed by atoms with Crippen LogP contribution in [0.3, 0.4) is 0 Å². The van der Waals surface area contributed by atoms with Crippen molar-refractivity contribution in [1.82, 2.24) is 9.97 Å². The number of ether oxygens (including phenoxy) is 2. The van der Waals surface area contributed by atoms with Crippen molar-refractivity contribution in [2.75, 3.05) is 20.3 Å². The average molecular weight is 183 g/mol. The van der Waals surface area contributed by atoms with Gasteiger partial charge in [0.05, 0.1) is 12.3 Å². The van der Waals surface area contributed by atoms with Crippen LogP contribution in [0.5, 0.6) is 5.88 Å². The summed E-state index contributed by atoms with van der Waals surface area (Å²) >= 11 is 0. The number of methoxy groups -OCH3 is 1. The van der Waals surface area contributed by atoms with Crippen molar-refractivity contribution in [3.63, 3.8) is 0 Å². The standard InChI is InChI=1S/C8H13N3O2/c1-12-2-3-13-8-4-7(5-9)10-6-11-8/h4,6H,2-3,5,9H2,1H3. The summed E-state index contributed by atoms with van der Waals surface area (Å²) in [7, 11) is 1.62. The molecule has 0 aliphatic heterocycles. The highest BCUT2D eigenvalue weighted by Crippen LogP contribution is 2.05. The molecular weight excluding hydrogens is 170 g/mol. The van der Waals surface area contributed by atoms with E-state index in [1.54, 1.807) is 13.2 Å². The van der Waals surface area contributed by atoms with Crippen molar-refractivity contribution in [2.24, 2.45) is 5.73 Å². The van der Waals surface area contributed by atoms with Crippen molar-refractivity contribution in [1.29, 1.82) is 0 Å². The summed E-state index contributed by atoms with van der Waals surface area (Å²) in [6.07, 6.45) is 1.43. The predicted molar refractivity (Wildman–Crippen MR) is 47.3 cm³/mol. The van der Waals surface area contributed by atoms with Gasteiger partial charge in [-0.25, -0.2) is 9.97 Å². The van der Waals surface area contributed by atoms with Crippen LogP contribution in [-0.4, -0.2) is 30.3 Å². The Hall–Kier alpha value is -1.20. The van der Waals surface area contributed by atoms with E-state index in [1.165, 1.54) is 6.33 Å². The van der Waals surface area contributed by atoms with Crippen LogP contribution in [0.1, 0.15) is 5.69 Å². The first-order valence-corrected chi connectivity index (χ1v) is 3.99. The molecule has 5 nitrogen and oxygen atoms in total. The Morgan fingerprint density at radius 1 is 1.38 bits per heavy atom. The van der Waals surface area contributed by atoms with Gasteiger partial charge in [-0.1, -0.05) is 0 Å². The Kier molecular flexibility index (Phi) is 4.14. The molecular formula is C8H13N3O2. The normalized spacial score (nSPS) is 10.0. The van der Waals surface area contributed by atoms with Crippen molar-refractivity contribution in [2.45, 2.75) is 6.54 Å². The Morgan fingerprint density at radius 2 is 2.23 bits per heavy atom. The van der Waals surface area contributed by atoms with E-state index < -0.39 is 0 Å². The summed E-state index contributed by atoms with van der Waals surface area (Å²) in [6.45, 7) is 1.42. The van der Waals surface area contributed by atoms with Crippen LogP contribution in [0, 0.1) is 0 Å². The molecule has 0 unspecified atom stereocenters. The molecule has 0 fully saturated rings. The first-order valence-electron chi connectivity index (χ1n) is 3.99. The lowest BCUT2D eigenvalue weighted by molar-refractivity contribution is 0.143. The summed E-state index contributed by atoms with van der Waals surface area (Å²) in [4.78, 5) is 7.85. The van der Waals surface area contributed by atoms with Crippen molar-refractivity contribution in [3.8, 4) is 5.88 Å². The van der Waals surface area contributed by atoms with E-state index in [1.807, 2.05) is 0 Å². The summed E-state index contributed by atoms with van der Waals surface area (Å²) in [5, 5.41) is 0. The predicted octanol–water partition coefficient (Wildman–Crippen LogP) is -0.0395. The zero-order chi connectivity index (χ0) is 9.52. The molecule has 1 rings (SSSR count). The van der Waals surface area contributed by atoms with Crippen LogP contribution in [0.4, 0.5) is 0 Å². The fourth-order valence-electron chi connectivity index (χ4n) is 0.797. The lowest BCUT2D eigenvalue weighted by Crippen LogP contribution is -2.07. The molecule has 0 amide bonds. The SMILES string of the molecule is COCCOc1cc(CN)ncn1. The van der Waals surface area contributed by atoms with Crippen LogP contribution in [0.15, 0.2) is 12.4 Å². The van der Waals surface area contributed by atoms with Gasteiger partial charge in [0.2, 0.25) is 5.88 Å². The van der Waals surface area contributed by atoms with Gasteiger partial charge in [-0.3, -0.25) is 0 Å². The minimum Gasteiger partial charge on any atom is -0.475 e. The Morgan fingerprint density at radius 3 is 2.92 bits per heavy atom. The number of hydrogen-bond acceptors (Lipinski definition) is 5. The Bertz CT molecular complexity index is 255. The van der Waals surface area contributed by atoms with Gasteiger partial charge in [0.1, 0.15) is 12.9 Å². The molecule has 0 saturated heterocycles.